The van der Waals surface area contributed by atoms with Gasteiger partial charge in [0.15, 0.2) is 0 Å². The molecule has 0 bridgehead atoms. The van der Waals surface area contributed by atoms with E-state index in [9.17, 15) is 0 Å². The highest BCUT2D eigenvalue weighted by Gasteiger charge is 2.07. The fraction of sp³-hybridized carbons (Fsp3) is 0. The van der Waals surface area contributed by atoms with E-state index in [2.05, 4.69) is 21.4 Å². The Morgan fingerprint density at radius 3 is 2.75 bits per heavy atom. The molecule has 0 unspecified atom stereocenters. The van der Waals surface area contributed by atoms with Crippen LogP contribution >= 0.6 is 22.7 Å². The second-order valence-corrected chi connectivity index (χ2v) is 6.16. The summed E-state index contributed by atoms with van der Waals surface area (Å²) in [5.74, 6) is 0. The van der Waals surface area contributed by atoms with Gasteiger partial charge >= 0.3 is 0 Å². The topological polar surface area (TPSA) is 63.8 Å². The largest absolute Gasteiger partial charge is 0.395 e. The molecule has 98 valence electrons. The molecule has 2 aromatic carbocycles. The summed E-state index contributed by atoms with van der Waals surface area (Å²) in [7, 11) is 0. The third-order valence-electron chi connectivity index (χ3n) is 3.15. The van der Waals surface area contributed by atoms with Crippen LogP contribution < -0.4 is 11.1 Å². The van der Waals surface area contributed by atoms with Crippen molar-refractivity contribution in [3.8, 4) is 0 Å². The first-order valence-electron chi connectivity index (χ1n) is 6.03. The lowest BCUT2D eigenvalue weighted by Gasteiger charge is -2.09. The standard InChI is InChI=1S/C14H10N4S2/c15-13-10(3-4-11-14(13)17-7-19-11)18-8-1-2-9-12(5-8)20-6-16-9/h1-7,18H,15H2. The van der Waals surface area contributed by atoms with Crippen molar-refractivity contribution in [3.05, 3.63) is 41.4 Å². The number of hydrogen-bond donors (Lipinski definition) is 2. The minimum Gasteiger partial charge on any atom is -0.395 e. The number of hydrogen-bond acceptors (Lipinski definition) is 6. The fourth-order valence-corrected chi connectivity index (χ4v) is 3.56. The molecule has 4 aromatic rings. The minimum absolute atomic E-state index is 0.688. The zero-order valence-electron chi connectivity index (χ0n) is 10.3. The van der Waals surface area contributed by atoms with Gasteiger partial charge < -0.3 is 11.1 Å². The van der Waals surface area contributed by atoms with Crippen LogP contribution in [0.5, 0.6) is 0 Å². The van der Waals surface area contributed by atoms with Gasteiger partial charge in [-0.1, -0.05) is 0 Å². The smallest absolute Gasteiger partial charge is 0.106 e. The van der Waals surface area contributed by atoms with Crippen LogP contribution in [-0.4, -0.2) is 9.97 Å². The monoisotopic (exact) mass is 298 g/mol. The number of fused-ring (bicyclic) bond motifs is 2. The van der Waals surface area contributed by atoms with E-state index in [0.29, 0.717) is 5.69 Å². The van der Waals surface area contributed by atoms with E-state index in [0.717, 1.165) is 31.8 Å². The lowest BCUT2D eigenvalue weighted by atomic mass is 10.2. The molecule has 3 N–H and O–H groups in total. The maximum absolute atomic E-state index is 6.18. The highest BCUT2D eigenvalue weighted by atomic mass is 32.1. The summed E-state index contributed by atoms with van der Waals surface area (Å²) in [4.78, 5) is 8.58. The Morgan fingerprint density at radius 1 is 0.950 bits per heavy atom. The first-order valence-corrected chi connectivity index (χ1v) is 7.79. The minimum atomic E-state index is 0.688. The maximum atomic E-state index is 6.18. The van der Waals surface area contributed by atoms with Gasteiger partial charge in [0, 0.05) is 5.69 Å². The van der Waals surface area contributed by atoms with Gasteiger partial charge in [-0.3, -0.25) is 0 Å². The summed E-state index contributed by atoms with van der Waals surface area (Å²) < 4.78 is 2.26. The predicted octanol–water partition coefficient (Wildman–Crippen LogP) is 4.23. The number of benzene rings is 2. The molecule has 6 heteroatoms. The van der Waals surface area contributed by atoms with Crippen LogP contribution in [0.15, 0.2) is 41.4 Å². The summed E-state index contributed by atoms with van der Waals surface area (Å²) in [5, 5.41) is 3.35. The van der Waals surface area contributed by atoms with Gasteiger partial charge in [0.25, 0.3) is 0 Å². The molecule has 0 radical (unpaired) electrons. The molecular weight excluding hydrogens is 288 g/mol. The molecule has 2 aromatic heterocycles. The van der Waals surface area contributed by atoms with E-state index in [1.165, 1.54) is 0 Å². The maximum Gasteiger partial charge on any atom is 0.106 e. The van der Waals surface area contributed by atoms with E-state index in [1.807, 2.05) is 35.3 Å². The fourth-order valence-electron chi connectivity index (χ4n) is 2.15. The zero-order valence-corrected chi connectivity index (χ0v) is 12.0. The Kier molecular flexibility index (Phi) is 2.58. The highest BCUT2D eigenvalue weighted by molar-refractivity contribution is 7.17. The molecule has 4 rings (SSSR count). The molecule has 0 atom stereocenters. The molecule has 0 saturated heterocycles. The lowest BCUT2D eigenvalue weighted by molar-refractivity contribution is 1.48. The molecule has 2 heterocycles. The van der Waals surface area contributed by atoms with Crippen LogP contribution in [0.2, 0.25) is 0 Å². The van der Waals surface area contributed by atoms with Crippen LogP contribution in [0.1, 0.15) is 0 Å². The summed E-state index contributed by atoms with van der Waals surface area (Å²) in [6.07, 6.45) is 0. The van der Waals surface area contributed by atoms with Crippen molar-refractivity contribution in [3.63, 3.8) is 0 Å². The number of rotatable bonds is 2. The number of nitrogens with two attached hydrogens (primary N) is 1. The van der Waals surface area contributed by atoms with Gasteiger partial charge in [0.2, 0.25) is 0 Å². The average Bonchev–Trinajstić information content (AvgIpc) is 3.10. The normalized spacial score (nSPS) is 11.2. The Labute approximate surface area is 122 Å². The van der Waals surface area contributed by atoms with Gasteiger partial charge in [-0.05, 0) is 30.3 Å². The Hall–Kier alpha value is -2.18. The van der Waals surface area contributed by atoms with E-state index in [-0.39, 0.29) is 0 Å². The van der Waals surface area contributed by atoms with Crippen LogP contribution in [0.3, 0.4) is 0 Å². The Bertz CT molecular complexity index is 910. The summed E-state index contributed by atoms with van der Waals surface area (Å²) >= 11 is 3.22. The second-order valence-electron chi connectivity index (χ2n) is 4.39. The summed E-state index contributed by atoms with van der Waals surface area (Å²) in [6.45, 7) is 0. The molecular formula is C14H10N4S2. The lowest BCUT2D eigenvalue weighted by Crippen LogP contribution is -1.96. The molecule has 20 heavy (non-hydrogen) atoms. The van der Waals surface area contributed by atoms with Crippen molar-refractivity contribution in [2.75, 3.05) is 11.1 Å². The third-order valence-corrected chi connectivity index (χ3v) is 4.74. The molecule has 0 aliphatic rings. The van der Waals surface area contributed by atoms with Gasteiger partial charge in [0.1, 0.15) is 5.52 Å². The highest BCUT2D eigenvalue weighted by Crippen LogP contribution is 2.32. The molecule has 0 aliphatic heterocycles. The number of nitrogens with zero attached hydrogens (tertiary/aromatic N) is 2. The van der Waals surface area contributed by atoms with Crippen LogP contribution in [0, 0.1) is 0 Å². The quantitative estimate of drug-likeness (QED) is 0.543. The SMILES string of the molecule is Nc1c(Nc2ccc3ncsc3c2)ccc2scnc12. The van der Waals surface area contributed by atoms with Gasteiger partial charge in [-0.15, -0.1) is 22.7 Å². The van der Waals surface area contributed by atoms with Crippen LogP contribution in [0.25, 0.3) is 20.4 Å². The Balaban J connectivity index is 1.77. The van der Waals surface area contributed by atoms with Crippen molar-refractivity contribution in [1.29, 1.82) is 0 Å². The molecule has 0 spiro atoms. The molecule has 0 fully saturated rings. The number of nitrogen functional groups attached to an aromatic ring is 1. The van der Waals surface area contributed by atoms with Crippen molar-refractivity contribution in [2.24, 2.45) is 0 Å². The molecule has 0 saturated carbocycles. The van der Waals surface area contributed by atoms with Crippen LogP contribution in [-0.2, 0) is 0 Å². The van der Waals surface area contributed by atoms with E-state index in [1.54, 1.807) is 22.7 Å². The van der Waals surface area contributed by atoms with Crippen molar-refractivity contribution < 1.29 is 0 Å². The van der Waals surface area contributed by atoms with E-state index in [4.69, 9.17) is 5.73 Å². The number of thiazole rings is 2. The summed E-state index contributed by atoms with van der Waals surface area (Å²) in [5.41, 5.74) is 14.3. The van der Waals surface area contributed by atoms with Crippen molar-refractivity contribution in [1.82, 2.24) is 9.97 Å². The van der Waals surface area contributed by atoms with Crippen LogP contribution in [0.4, 0.5) is 17.1 Å². The van der Waals surface area contributed by atoms with Gasteiger partial charge in [0.05, 0.1) is 37.3 Å². The first-order chi connectivity index (χ1) is 9.81. The molecule has 4 nitrogen and oxygen atoms in total. The van der Waals surface area contributed by atoms with E-state index >= 15 is 0 Å². The summed E-state index contributed by atoms with van der Waals surface area (Å²) in [6, 6.07) is 10.1. The number of aromatic nitrogens is 2. The zero-order chi connectivity index (χ0) is 13.5. The number of nitrogens with one attached hydrogen (secondary N) is 1. The predicted molar refractivity (Wildman–Crippen MR) is 86.9 cm³/mol. The molecule has 0 amide bonds. The first kappa shape index (κ1) is 11.6. The molecule has 0 aliphatic carbocycles. The third kappa shape index (κ3) is 1.81. The average molecular weight is 298 g/mol. The van der Waals surface area contributed by atoms with Gasteiger partial charge in [-0.2, -0.15) is 0 Å². The van der Waals surface area contributed by atoms with Crippen molar-refractivity contribution >= 4 is 60.2 Å². The van der Waals surface area contributed by atoms with E-state index < -0.39 is 0 Å². The van der Waals surface area contributed by atoms with Gasteiger partial charge in [-0.25, -0.2) is 9.97 Å². The second kappa shape index (κ2) is 4.43. The Morgan fingerprint density at radius 2 is 1.80 bits per heavy atom. The van der Waals surface area contributed by atoms with Crippen molar-refractivity contribution in [2.45, 2.75) is 0 Å². The number of anilines is 3.